The highest BCUT2D eigenvalue weighted by atomic mass is 16.3. The molecular formula is C26H40O2. The van der Waals surface area contributed by atoms with Crippen molar-refractivity contribution in [3.05, 3.63) is 59.7 Å². The molecule has 0 spiro atoms. The van der Waals surface area contributed by atoms with Crippen LogP contribution in [-0.4, -0.2) is 10.2 Å². The third-order valence-electron chi connectivity index (χ3n) is 6.10. The standard InChI is InChI=1S/C12H24.2C7H8O/c1-5-10-8-9(4)11(6-2)12(10)7-3;2*1-6-2-4-7(8)5-3-6/h9-12H,5-8H2,1-4H3;2*2-5,8H,1H3. The molecule has 2 aromatic carbocycles. The maximum Gasteiger partial charge on any atom is 0.115 e. The summed E-state index contributed by atoms with van der Waals surface area (Å²) >= 11 is 0. The van der Waals surface area contributed by atoms with Crippen molar-refractivity contribution >= 4 is 0 Å². The lowest BCUT2D eigenvalue weighted by Crippen LogP contribution is -2.14. The van der Waals surface area contributed by atoms with Crippen molar-refractivity contribution in [2.45, 2.75) is 67.2 Å². The van der Waals surface area contributed by atoms with Crippen LogP contribution >= 0.6 is 0 Å². The Labute approximate surface area is 172 Å². The fraction of sp³-hybridized carbons (Fsp3) is 0.538. The molecular weight excluding hydrogens is 344 g/mol. The fourth-order valence-corrected chi connectivity index (χ4v) is 4.50. The van der Waals surface area contributed by atoms with Crippen molar-refractivity contribution in [1.82, 2.24) is 0 Å². The number of hydrogen-bond acceptors (Lipinski definition) is 2. The summed E-state index contributed by atoms with van der Waals surface area (Å²) in [6.45, 7) is 13.5. The van der Waals surface area contributed by atoms with E-state index in [1.807, 2.05) is 38.1 Å². The number of rotatable bonds is 3. The monoisotopic (exact) mass is 384 g/mol. The lowest BCUT2D eigenvalue weighted by atomic mass is 9.83. The summed E-state index contributed by atoms with van der Waals surface area (Å²) in [4.78, 5) is 0. The van der Waals surface area contributed by atoms with E-state index in [-0.39, 0.29) is 0 Å². The molecule has 0 amide bonds. The Hall–Kier alpha value is -1.96. The van der Waals surface area contributed by atoms with Gasteiger partial charge >= 0.3 is 0 Å². The van der Waals surface area contributed by atoms with E-state index >= 15 is 0 Å². The van der Waals surface area contributed by atoms with Gasteiger partial charge < -0.3 is 10.2 Å². The molecule has 0 aromatic heterocycles. The van der Waals surface area contributed by atoms with E-state index in [1.165, 1.54) is 36.8 Å². The zero-order chi connectivity index (χ0) is 21.1. The molecule has 1 aliphatic carbocycles. The highest BCUT2D eigenvalue weighted by Gasteiger charge is 2.37. The predicted molar refractivity (Wildman–Crippen MR) is 121 cm³/mol. The molecule has 2 nitrogen and oxygen atoms in total. The van der Waals surface area contributed by atoms with Gasteiger partial charge in [0.2, 0.25) is 0 Å². The Balaban J connectivity index is 0.000000217. The van der Waals surface area contributed by atoms with Gasteiger partial charge in [-0.25, -0.2) is 0 Å². The molecule has 0 radical (unpaired) electrons. The second-order valence-electron chi connectivity index (χ2n) is 8.20. The number of hydrogen-bond donors (Lipinski definition) is 2. The first kappa shape index (κ1) is 24.1. The smallest absolute Gasteiger partial charge is 0.115 e. The van der Waals surface area contributed by atoms with Gasteiger partial charge in [-0.15, -0.1) is 0 Å². The maximum absolute atomic E-state index is 8.76. The lowest BCUT2D eigenvalue weighted by molar-refractivity contribution is 0.270. The van der Waals surface area contributed by atoms with E-state index in [0.717, 1.165) is 23.7 Å². The van der Waals surface area contributed by atoms with E-state index in [0.29, 0.717) is 11.5 Å². The van der Waals surface area contributed by atoms with Crippen LogP contribution in [0.5, 0.6) is 11.5 Å². The molecule has 0 heterocycles. The van der Waals surface area contributed by atoms with Crippen molar-refractivity contribution < 1.29 is 10.2 Å². The van der Waals surface area contributed by atoms with Crippen molar-refractivity contribution in [1.29, 1.82) is 0 Å². The maximum atomic E-state index is 8.76. The second-order valence-corrected chi connectivity index (χ2v) is 8.20. The Kier molecular flexibility index (Phi) is 10.7. The average Bonchev–Trinajstić information content (AvgIpc) is 3.02. The number of phenolic OH excluding ortho intramolecular Hbond substituents is 2. The Morgan fingerprint density at radius 2 is 1.07 bits per heavy atom. The van der Waals surface area contributed by atoms with Crippen molar-refractivity contribution in [2.75, 3.05) is 0 Å². The van der Waals surface area contributed by atoms with E-state index in [2.05, 4.69) is 27.7 Å². The minimum atomic E-state index is 0.329. The third kappa shape index (κ3) is 7.96. The fourth-order valence-electron chi connectivity index (χ4n) is 4.50. The zero-order valence-electron chi connectivity index (χ0n) is 18.7. The summed E-state index contributed by atoms with van der Waals surface area (Å²) in [6.07, 6.45) is 5.70. The van der Waals surface area contributed by atoms with E-state index < -0.39 is 0 Å². The van der Waals surface area contributed by atoms with Crippen molar-refractivity contribution in [3.8, 4) is 11.5 Å². The Bertz CT molecular complexity index is 560. The van der Waals surface area contributed by atoms with Crippen LogP contribution in [0.25, 0.3) is 0 Å². The topological polar surface area (TPSA) is 40.5 Å². The van der Waals surface area contributed by atoms with E-state index in [4.69, 9.17) is 10.2 Å². The summed E-state index contributed by atoms with van der Waals surface area (Å²) < 4.78 is 0. The van der Waals surface area contributed by atoms with Crippen molar-refractivity contribution in [2.24, 2.45) is 23.7 Å². The zero-order valence-corrected chi connectivity index (χ0v) is 18.7. The van der Waals surface area contributed by atoms with Gasteiger partial charge in [0.25, 0.3) is 0 Å². The van der Waals surface area contributed by atoms with Gasteiger partial charge in [0.15, 0.2) is 0 Å². The highest BCUT2D eigenvalue weighted by molar-refractivity contribution is 5.25. The van der Waals surface area contributed by atoms with E-state index in [1.54, 1.807) is 24.3 Å². The van der Waals surface area contributed by atoms with Gasteiger partial charge in [0.05, 0.1) is 0 Å². The molecule has 156 valence electrons. The largest absolute Gasteiger partial charge is 0.508 e. The summed E-state index contributed by atoms with van der Waals surface area (Å²) in [7, 11) is 0. The quantitative estimate of drug-likeness (QED) is 0.575. The summed E-state index contributed by atoms with van der Waals surface area (Å²) in [5, 5.41) is 17.5. The molecule has 2 N–H and O–H groups in total. The van der Waals surface area contributed by atoms with Crippen LogP contribution in [0.4, 0.5) is 0 Å². The molecule has 1 fully saturated rings. The Morgan fingerprint density at radius 3 is 1.36 bits per heavy atom. The molecule has 2 aromatic rings. The molecule has 3 rings (SSSR count). The lowest BCUT2D eigenvalue weighted by Gasteiger charge is -2.22. The van der Waals surface area contributed by atoms with Crippen LogP contribution < -0.4 is 0 Å². The molecule has 0 saturated heterocycles. The van der Waals surface area contributed by atoms with Crippen LogP contribution in [0, 0.1) is 37.5 Å². The number of aromatic hydroxyl groups is 2. The van der Waals surface area contributed by atoms with Crippen LogP contribution in [0.2, 0.25) is 0 Å². The molecule has 2 heteroatoms. The summed E-state index contributed by atoms with van der Waals surface area (Å²) in [6, 6.07) is 14.2. The van der Waals surface area contributed by atoms with Gasteiger partial charge in [-0.2, -0.15) is 0 Å². The first-order valence-electron chi connectivity index (χ1n) is 10.8. The predicted octanol–water partition coefficient (Wildman–Crippen LogP) is 7.51. The molecule has 1 saturated carbocycles. The van der Waals surface area contributed by atoms with Gasteiger partial charge in [-0.05, 0) is 68.2 Å². The molecule has 4 atom stereocenters. The Morgan fingerprint density at radius 1 is 0.679 bits per heavy atom. The second kappa shape index (κ2) is 12.5. The minimum Gasteiger partial charge on any atom is -0.508 e. The first-order valence-corrected chi connectivity index (χ1v) is 10.8. The van der Waals surface area contributed by atoms with Crippen molar-refractivity contribution in [3.63, 3.8) is 0 Å². The summed E-state index contributed by atoms with van der Waals surface area (Å²) in [5.41, 5.74) is 2.34. The SMILES string of the molecule is CCC1CC(C)C(CC)C1CC.Cc1ccc(O)cc1.Cc1ccc(O)cc1. The molecule has 0 bridgehead atoms. The van der Waals surface area contributed by atoms with Crippen LogP contribution in [0.1, 0.15) is 64.5 Å². The van der Waals surface area contributed by atoms with Gasteiger partial charge in [-0.3, -0.25) is 0 Å². The number of aryl methyl sites for hydroxylation is 2. The average molecular weight is 385 g/mol. The highest BCUT2D eigenvalue weighted by Crippen LogP contribution is 2.46. The van der Waals surface area contributed by atoms with Gasteiger partial charge in [-0.1, -0.05) is 82.3 Å². The van der Waals surface area contributed by atoms with Crippen LogP contribution in [-0.2, 0) is 0 Å². The third-order valence-corrected chi connectivity index (χ3v) is 6.10. The minimum absolute atomic E-state index is 0.329. The van der Waals surface area contributed by atoms with Crippen LogP contribution in [0.15, 0.2) is 48.5 Å². The molecule has 4 unspecified atom stereocenters. The summed E-state index contributed by atoms with van der Waals surface area (Å²) in [5.74, 6) is 4.75. The van der Waals surface area contributed by atoms with Crippen LogP contribution in [0.3, 0.4) is 0 Å². The number of benzene rings is 2. The van der Waals surface area contributed by atoms with E-state index in [9.17, 15) is 0 Å². The first-order chi connectivity index (χ1) is 13.3. The van der Waals surface area contributed by atoms with Gasteiger partial charge in [0, 0.05) is 0 Å². The molecule has 1 aliphatic rings. The number of phenols is 2. The molecule has 0 aliphatic heterocycles. The van der Waals surface area contributed by atoms with Gasteiger partial charge in [0.1, 0.15) is 11.5 Å². The molecule has 28 heavy (non-hydrogen) atoms. The normalized spacial score (nSPS) is 23.2.